The summed E-state index contributed by atoms with van der Waals surface area (Å²) < 4.78 is 5.29. The molecule has 2 N–H and O–H groups in total. The summed E-state index contributed by atoms with van der Waals surface area (Å²) in [6.45, 7) is 9.73. The molecule has 1 aromatic carbocycles. The number of amides is 1. The van der Waals surface area contributed by atoms with Gasteiger partial charge in [-0.15, -0.1) is 12.4 Å². The molecular weight excluding hydrogens is 362 g/mol. The van der Waals surface area contributed by atoms with Crippen molar-refractivity contribution in [3.05, 3.63) is 52.9 Å². The van der Waals surface area contributed by atoms with Crippen LogP contribution in [0.1, 0.15) is 49.3 Å². The van der Waals surface area contributed by atoms with Crippen molar-refractivity contribution in [2.75, 3.05) is 19.6 Å². The predicted octanol–water partition coefficient (Wildman–Crippen LogP) is 3.51. The van der Waals surface area contributed by atoms with Gasteiger partial charge < -0.3 is 15.2 Å². The fourth-order valence-electron chi connectivity index (χ4n) is 4.42. The molecule has 0 aliphatic carbocycles. The summed E-state index contributed by atoms with van der Waals surface area (Å²) in [4.78, 5) is 15.3. The Kier molecular flexibility index (Phi) is 6.38. The molecule has 6 heteroatoms. The number of hydrogen-bond acceptors (Lipinski definition) is 4. The third-order valence-electron chi connectivity index (χ3n) is 5.98. The molecule has 148 valence electrons. The average molecular weight is 392 g/mol. The normalized spacial score (nSPS) is 16.7. The lowest BCUT2D eigenvalue weighted by Crippen LogP contribution is -2.52. The lowest BCUT2D eigenvalue weighted by molar-refractivity contribution is -0.138. The van der Waals surface area contributed by atoms with Crippen molar-refractivity contribution in [1.82, 2.24) is 10.1 Å². The Labute approximate surface area is 167 Å². The topological polar surface area (TPSA) is 72.4 Å². The number of hydrogen-bond donors (Lipinski definition) is 1. The molecule has 0 saturated carbocycles. The number of piperidine rings is 1. The third-order valence-corrected chi connectivity index (χ3v) is 5.98. The first kappa shape index (κ1) is 21.5. The number of aryl methyl sites for hydroxylation is 2. The van der Waals surface area contributed by atoms with Crippen LogP contribution in [0, 0.1) is 13.8 Å². The van der Waals surface area contributed by atoms with Crippen molar-refractivity contribution in [2.24, 2.45) is 5.73 Å². The van der Waals surface area contributed by atoms with E-state index >= 15 is 0 Å². The Morgan fingerprint density at radius 2 is 1.81 bits per heavy atom. The largest absolute Gasteiger partial charge is 0.361 e. The Morgan fingerprint density at radius 3 is 2.30 bits per heavy atom. The Bertz CT molecular complexity index is 758. The van der Waals surface area contributed by atoms with Gasteiger partial charge in [0, 0.05) is 30.6 Å². The van der Waals surface area contributed by atoms with E-state index < -0.39 is 5.41 Å². The summed E-state index contributed by atoms with van der Waals surface area (Å²) in [5.41, 5.74) is 8.46. The van der Waals surface area contributed by atoms with Gasteiger partial charge in [0.05, 0.1) is 11.1 Å². The molecule has 5 nitrogen and oxygen atoms in total. The zero-order valence-corrected chi connectivity index (χ0v) is 17.4. The molecule has 0 bridgehead atoms. The van der Waals surface area contributed by atoms with Crippen molar-refractivity contribution in [1.29, 1.82) is 0 Å². The zero-order valence-electron chi connectivity index (χ0n) is 16.6. The van der Waals surface area contributed by atoms with E-state index in [4.69, 9.17) is 10.3 Å². The van der Waals surface area contributed by atoms with E-state index in [0.29, 0.717) is 6.54 Å². The van der Waals surface area contributed by atoms with Crippen LogP contribution in [0.3, 0.4) is 0 Å². The summed E-state index contributed by atoms with van der Waals surface area (Å²) in [7, 11) is 0. The highest BCUT2D eigenvalue weighted by atomic mass is 35.5. The van der Waals surface area contributed by atoms with E-state index in [2.05, 4.69) is 29.4 Å². The molecule has 0 atom stereocenters. The zero-order chi connectivity index (χ0) is 18.9. The van der Waals surface area contributed by atoms with Gasteiger partial charge in [-0.05, 0) is 46.1 Å². The molecule has 1 aromatic heterocycles. The standard InChI is InChI=1S/C21H29N3O2.ClH/c1-15-18(16(2)26-23-15)20(3,4)19(25)24-12-10-21(14-22,11-13-24)17-8-6-5-7-9-17;/h5-9H,10-14,22H2,1-4H3;1H. The second-order valence-electron chi connectivity index (χ2n) is 7.97. The van der Waals surface area contributed by atoms with Gasteiger partial charge in [-0.25, -0.2) is 0 Å². The maximum Gasteiger partial charge on any atom is 0.232 e. The number of likely N-dealkylation sites (tertiary alicyclic amines) is 1. The quantitative estimate of drug-likeness (QED) is 0.865. The van der Waals surface area contributed by atoms with Crippen molar-refractivity contribution in [2.45, 2.75) is 51.4 Å². The minimum absolute atomic E-state index is 0. The first-order chi connectivity index (χ1) is 12.3. The molecule has 1 aliphatic heterocycles. The average Bonchev–Trinajstić information content (AvgIpc) is 3.01. The fraction of sp³-hybridized carbons (Fsp3) is 0.524. The first-order valence-electron chi connectivity index (χ1n) is 9.30. The predicted molar refractivity (Wildman–Crippen MR) is 109 cm³/mol. The lowest BCUT2D eigenvalue weighted by atomic mass is 9.72. The Morgan fingerprint density at radius 1 is 1.22 bits per heavy atom. The number of carbonyl (C=O) groups excluding carboxylic acids is 1. The Balaban J connectivity index is 0.00000261. The van der Waals surface area contributed by atoms with Gasteiger partial charge >= 0.3 is 0 Å². The highest BCUT2D eigenvalue weighted by Crippen LogP contribution is 2.37. The summed E-state index contributed by atoms with van der Waals surface area (Å²) in [6, 6.07) is 10.4. The van der Waals surface area contributed by atoms with Crippen LogP contribution in [0.15, 0.2) is 34.9 Å². The van der Waals surface area contributed by atoms with Crippen LogP contribution in [0.5, 0.6) is 0 Å². The smallest absolute Gasteiger partial charge is 0.232 e. The van der Waals surface area contributed by atoms with Crippen LogP contribution in [0.25, 0.3) is 0 Å². The first-order valence-corrected chi connectivity index (χ1v) is 9.30. The molecule has 27 heavy (non-hydrogen) atoms. The van der Waals surface area contributed by atoms with Crippen molar-refractivity contribution < 1.29 is 9.32 Å². The van der Waals surface area contributed by atoms with Crippen molar-refractivity contribution >= 4 is 18.3 Å². The molecule has 0 radical (unpaired) electrons. The van der Waals surface area contributed by atoms with E-state index in [0.717, 1.165) is 42.9 Å². The molecule has 2 heterocycles. The van der Waals surface area contributed by atoms with Gasteiger partial charge in [-0.1, -0.05) is 35.5 Å². The second kappa shape index (κ2) is 8.03. The van der Waals surface area contributed by atoms with Crippen LogP contribution in [0.4, 0.5) is 0 Å². The van der Waals surface area contributed by atoms with E-state index in [-0.39, 0.29) is 23.7 Å². The maximum absolute atomic E-state index is 13.3. The van der Waals surface area contributed by atoms with Crippen LogP contribution < -0.4 is 5.73 Å². The lowest BCUT2D eigenvalue weighted by Gasteiger charge is -2.43. The van der Waals surface area contributed by atoms with Gasteiger partial charge in [-0.2, -0.15) is 0 Å². The highest BCUT2D eigenvalue weighted by Gasteiger charge is 2.42. The van der Waals surface area contributed by atoms with Gasteiger partial charge in [0.2, 0.25) is 5.91 Å². The monoisotopic (exact) mass is 391 g/mol. The molecule has 1 fully saturated rings. The maximum atomic E-state index is 13.3. The number of halogens is 1. The van der Waals surface area contributed by atoms with E-state index in [1.165, 1.54) is 5.56 Å². The number of aromatic nitrogens is 1. The third kappa shape index (κ3) is 3.76. The molecule has 1 aliphatic rings. The SMILES string of the molecule is Cc1noc(C)c1C(C)(C)C(=O)N1CCC(CN)(c2ccccc2)CC1.Cl. The summed E-state index contributed by atoms with van der Waals surface area (Å²) in [5.74, 6) is 0.851. The number of rotatable bonds is 4. The molecular formula is C21H30ClN3O2. The van der Waals surface area contributed by atoms with E-state index in [1.807, 2.05) is 38.7 Å². The molecule has 2 aromatic rings. The second-order valence-corrected chi connectivity index (χ2v) is 7.97. The minimum atomic E-state index is -0.649. The van der Waals surface area contributed by atoms with Gasteiger partial charge in [0.1, 0.15) is 5.76 Å². The van der Waals surface area contributed by atoms with Crippen molar-refractivity contribution in [3.8, 4) is 0 Å². The molecule has 3 rings (SSSR count). The van der Waals surface area contributed by atoms with Crippen LogP contribution in [-0.2, 0) is 15.6 Å². The Hall–Kier alpha value is -1.85. The highest BCUT2D eigenvalue weighted by molar-refractivity contribution is 5.88. The van der Waals surface area contributed by atoms with Crippen LogP contribution in [0.2, 0.25) is 0 Å². The summed E-state index contributed by atoms with van der Waals surface area (Å²) in [5, 5.41) is 4.02. The number of carbonyl (C=O) groups is 1. The molecule has 0 unspecified atom stereocenters. The molecule has 0 spiro atoms. The minimum Gasteiger partial charge on any atom is -0.361 e. The van der Waals surface area contributed by atoms with Gasteiger partial charge in [0.15, 0.2) is 0 Å². The van der Waals surface area contributed by atoms with Gasteiger partial charge in [0.25, 0.3) is 0 Å². The van der Waals surface area contributed by atoms with Gasteiger partial charge in [-0.3, -0.25) is 4.79 Å². The fourth-order valence-corrected chi connectivity index (χ4v) is 4.42. The number of benzene rings is 1. The van der Waals surface area contributed by atoms with E-state index in [9.17, 15) is 4.79 Å². The number of nitrogens with zero attached hydrogens (tertiary/aromatic N) is 2. The summed E-state index contributed by atoms with van der Waals surface area (Å²) in [6.07, 6.45) is 1.77. The van der Waals surface area contributed by atoms with Crippen LogP contribution >= 0.6 is 12.4 Å². The van der Waals surface area contributed by atoms with Crippen molar-refractivity contribution in [3.63, 3.8) is 0 Å². The van der Waals surface area contributed by atoms with Crippen LogP contribution in [-0.4, -0.2) is 35.6 Å². The summed E-state index contributed by atoms with van der Waals surface area (Å²) >= 11 is 0. The van der Waals surface area contributed by atoms with E-state index in [1.54, 1.807) is 0 Å². The molecule has 1 amide bonds. The number of nitrogens with two attached hydrogens (primary N) is 1. The molecule has 1 saturated heterocycles.